The molecule has 3 atom stereocenters. The number of nitrogens with two attached hydrogens (primary N) is 1. The molecule has 0 bridgehead atoms. The predicted octanol–water partition coefficient (Wildman–Crippen LogP) is 7.54. The number of halogens is 4. The number of thiophene rings is 1. The van der Waals surface area contributed by atoms with Gasteiger partial charge < -0.3 is 25.8 Å². The van der Waals surface area contributed by atoms with E-state index in [0.717, 1.165) is 30.7 Å². The number of ether oxygens (including phenoxy) is 2. The van der Waals surface area contributed by atoms with Gasteiger partial charge in [0, 0.05) is 35.5 Å². The summed E-state index contributed by atoms with van der Waals surface area (Å²) in [6.45, 7) is 4.89. The Bertz CT molecular complexity index is 2330. The van der Waals surface area contributed by atoms with Gasteiger partial charge in [-0.3, -0.25) is 9.69 Å². The molecule has 10 nitrogen and oxygen atoms in total. The summed E-state index contributed by atoms with van der Waals surface area (Å²) in [6.07, 6.45) is 0.975. The fourth-order valence-corrected chi connectivity index (χ4v) is 9.03. The first-order valence-corrected chi connectivity index (χ1v) is 18.1. The van der Waals surface area contributed by atoms with Crippen LogP contribution < -0.4 is 25.8 Å². The number of carbonyl (C=O) groups is 1. The quantitative estimate of drug-likeness (QED) is 0.154. The van der Waals surface area contributed by atoms with E-state index in [-0.39, 0.29) is 90.4 Å². The topological polar surface area (TPSA) is 138 Å². The zero-order chi connectivity index (χ0) is 36.5. The number of hydrogen-bond acceptors (Lipinski definition) is 10. The van der Waals surface area contributed by atoms with E-state index in [1.54, 1.807) is 18.2 Å². The zero-order valence-electron chi connectivity index (χ0n) is 28.2. The Hall–Kier alpha value is -4.84. The van der Waals surface area contributed by atoms with E-state index in [0.29, 0.717) is 24.1 Å². The minimum absolute atomic E-state index is 0.00420. The lowest BCUT2D eigenvalue weighted by Gasteiger charge is -2.30. The maximum Gasteiger partial charge on any atom is 0.319 e. The largest absolute Gasteiger partial charge is 0.489 e. The van der Waals surface area contributed by atoms with E-state index >= 15 is 8.78 Å². The van der Waals surface area contributed by atoms with Crippen LogP contribution in [-0.2, 0) is 0 Å². The van der Waals surface area contributed by atoms with Crippen molar-refractivity contribution in [2.75, 3.05) is 37.4 Å². The summed E-state index contributed by atoms with van der Waals surface area (Å²) in [5.41, 5.74) is 6.47. The highest BCUT2D eigenvalue weighted by atomic mass is 35.5. The summed E-state index contributed by atoms with van der Waals surface area (Å²) in [6, 6.07) is 10.7. The second kappa shape index (κ2) is 13.0. The Labute approximate surface area is 305 Å². The van der Waals surface area contributed by atoms with Crippen molar-refractivity contribution in [3.05, 3.63) is 69.7 Å². The highest BCUT2D eigenvalue weighted by molar-refractivity contribution is 7.23. The third-order valence-corrected chi connectivity index (χ3v) is 11.5. The van der Waals surface area contributed by atoms with Gasteiger partial charge in [0.25, 0.3) is 5.91 Å². The van der Waals surface area contributed by atoms with Crippen molar-refractivity contribution in [1.29, 1.82) is 5.26 Å². The Morgan fingerprint density at radius 1 is 1.29 bits per heavy atom. The zero-order valence-corrected chi connectivity index (χ0v) is 29.7. The maximum atomic E-state index is 17.2. The molecule has 3 aliphatic rings. The molecule has 4 N–H and O–H groups in total. The van der Waals surface area contributed by atoms with Gasteiger partial charge in [0.05, 0.1) is 32.3 Å². The summed E-state index contributed by atoms with van der Waals surface area (Å²) in [7, 11) is 0. The fourth-order valence-electron chi connectivity index (χ4n) is 7.74. The number of alkyl halides is 1. The summed E-state index contributed by atoms with van der Waals surface area (Å²) in [5.74, 6) is -1.51. The fraction of sp³-hybridized carbons (Fsp3) is 0.351. The molecule has 0 spiro atoms. The van der Waals surface area contributed by atoms with Gasteiger partial charge in [-0.25, -0.2) is 13.2 Å². The van der Waals surface area contributed by atoms with E-state index in [1.807, 2.05) is 26.0 Å². The highest BCUT2D eigenvalue weighted by Crippen LogP contribution is 2.51. The number of nitrogen functional groups attached to an aromatic ring is 1. The average Bonchev–Trinajstić information content (AvgIpc) is 3.71. The van der Waals surface area contributed by atoms with E-state index in [4.69, 9.17) is 26.8 Å². The van der Waals surface area contributed by atoms with Crippen molar-refractivity contribution in [2.45, 2.75) is 56.9 Å². The van der Waals surface area contributed by atoms with Gasteiger partial charge in [0.1, 0.15) is 47.6 Å². The van der Waals surface area contributed by atoms with E-state index in [1.165, 1.54) is 12.1 Å². The number of nitriles is 1. The van der Waals surface area contributed by atoms with Crippen LogP contribution in [0.15, 0.2) is 36.4 Å². The van der Waals surface area contributed by atoms with Crippen LogP contribution >= 0.6 is 22.9 Å². The molecule has 2 saturated heterocycles. The molecule has 2 unspecified atom stereocenters. The molecule has 8 rings (SSSR count). The van der Waals surface area contributed by atoms with Gasteiger partial charge in [-0.15, -0.1) is 11.3 Å². The smallest absolute Gasteiger partial charge is 0.319 e. The molecule has 2 fully saturated rings. The monoisotopic (exact) mass is 747 g/mol. The minimum Gasteiger partial charge on any atom is -0.489 e. The number of rotatable bonds is 7. The van der Waals surface area contributed by atoms with E-state index in [2.05, 4.69) is 25.5 Å². The highest BCUT2D eigenvalue weighted by Gasteiger charge is 2.49. The number of amides is 1. The number of carbonyl (C=O) groups excluding carboxylic acids is 1. The molecular weight excluding hydrogens is 715 g/mol. The molecule has 0 radical (unpaired) electrons. The lowest BCUT2D eigenvalue weighted by molar-refractivity contribution is 0.0943. The van der Waals surface area contributed by atoms with Gasteiger partial charge in [-0.1, -0.05) is 29.8 Å². The van der Waals surface area contributed by atoms with Crippen molar-refractivity contribution in [3.63, 3.8) is 0 Å². The number of hydrogen-bond donors (Lipinski definition) is 3. The van der Waals surface area contributed by atoms with Gasteiger partial charge >= 0.3 is 6.01 Å². The summed E-state index contributed by atoms with van der Waals surface area (Å²) in [5, 5.41) is 16.4. The molecule has 268 valence electrons. The lowest BCUT2D eigenvalue weighted by atomic mass is 9.95. The number of nitrogens with zero attached hydrogens (tertiary/aromatic N) is 4. The molecule has 5 aromatic rings. The molecule has 2 aromatic heterocycles. The number of benzene rings is 3. The van der Waals surface area contributed by atoms with Crippen LogP contribution in [0, 0.1) is 23.0 Å². The van der Waals surface area contributed by atoms with E-state index in [9.17, 15) is 14.4 Å². The van der Waals surface area contributed by atoms with Crippen molar-refractivity contribution in [3.8, 4) is 29.0 Å². The Balaban J connectivity index is 1.29. The first-order chi connectivity index (χ1) is 25.0. The second-order valence-electron chi connectivity index (χ2n) is 13.8. The van der Waals surface area contributed by atoms with Crippen molar-refractivity contribution in [2.24, 2.45) is 0 Å². The van der Waals surface area contributed by atoms with Crippen LogP contribution in [0.4, 0.5) is 24.0 Å². The SMILES string of the molecule is CC(C)NC(=O)c1cccc(C2COc3c(Cl)c(-c4ccc(F)c5sc(N)c(C#N)c45)c(F)c4nc(OCC56CCCN5C[C@H](F)C6)nc(c34)N2)c1. The van der Waals surface area contributed by atoms with Crippen LogP contribution in [0.25, 0.3) is 32.1 Å². The number of nitrogens with one attached hydrogen (secondary N) is 2. The van der Waals surface area contributed by atoms with Crippen molar-refractivity contribution < 1.29 is 27.4 Å². The predicted molar refractivity (Wildman–Crippen MR) is 194 cm³/mol. The van der Waals surface area contributed by atoms with Crippen molar-refractivity contribution >= 4 is 60.7 Å². The standard InChI is InChI=1S/C37H33ClF3N7O3S/c1-17(2)44-35(49)19-6-3-5-18(11-19)24-15-50-31-27-30(46-36(47-34(27)45-24)51-16-37-9-4-10-48(37)14-20(39)12-37)29(41)26(28(31)38)21-7-8-23(40)32-25(21)22(13-42)33(43)52-32/h3,5-8,11,17,20,24H,4,9-10,12,14-16,43H2,1-2H3,(H,44,49)(H,45,46,47)/t20-,24?,37?/m1/s1. The Kier molecular flexibility index (Phi) is 8.55. The molecule has 1 amide bonds. The van der Waals surface area contributed by atoms with Crippen LogP contribution in [0.1, 0.15) is 60.6 Å². The number of fused-ring (bicyclic) bond motifs is 2. The molecule has 3 aromatic carbocycles. The van der Waals surface area contributed by atoms with E-state index < -0.39 is 29.4 Å². The van der Waals surface area contributed by atoms with Crippen LogP contribution in [0.2, 0.25) is 5.02 Å². The summed E-state index contributed by atoms with van der Waals surface area (Å²) in [4.78, 5) is 24.2. The normalized spacial score (nSPS) is 21.1. The molecule has 5 heterocycles. The third kappa shape index (κ3) is 5.62. The maximum absolute atomic E-state index is 17.2. The van der Waals surface area contributed by atoms with Crippen LogP contribution in [0.5, 0.6) is 11.8 Å². The molecule has 0 aliphatic carbocycles. The summed E-state index contributed by atoms with van der Waals surface area (Å²) >= 11 is 7.92. The van der Waals surface area contributed by atoms with Gasteiger partial charge in [0.15, 0.2) is 11.6 Å². The van der Waals surface area contributed by atoms with Gasteiger partial charge in [-0.2, -0.15) is 15.2 Å². The molecule has 0 saturated carbocycles. The molecule has 52 heavy (non-hydrogen) atoms. The second-order valence-corrected chi connectivity index (χ2v) is 15.2. The Morgan fingerprint density at radius 2 is 2.12 bits per heavy atom. The molecule has 3 aliphatic heterocycles. The first kappa shape index (κ1) is 34.3. The molecular formula is C37H33ClF3N7O3S. The average molecular weight is 748 g/mol. The number of aromatic nitrogens is 2. The van der Waals surface area contributed by atoms with Crippen molar-refractivity contribution in [1.82, 2.24) is 20.2 Å². The third-order valence-electron chi connectivity index (χ3n) is 10.1. The van der Waals surface area contributed by atoms with Crippen LogP contribution in [-0.4, -0.2) is 64.8 Å². The lowest BCUT2D eigenvalue weighted by Crippen LogP contribution is -2.43. The van der Waals surface area contributed by atoms with Gasteiger partial charge in [-0.05, 0) is 62.6 Å². The molecule has 15 heteroatoms. The summed E-state index contributed by atoms with van der Waals surface area (Å²) < 4.78 is 59.4. The minimum atomic E-state index is -0.981. The first-order valence-electron chi connectivity index (χ1n) is 16.9. The van der Waals surface area contributed by atoms with Gasteiger partial charge in [0.2, 0.25) is 0 Å². The number of anilines is 2. The Morgan fingerprint density at radius 3 is 2.90 bits per heavy atom. The van der Waals surface area contributed by atoms with Crippen LogP contribution in [0.3, 0.4) is 0 Å².